The van der Waals surface area contributed by atoms with Crippen molar-refractivity contribution in [2.45, 2.75) is 38.7 Å². The molecule has 27 heavy (non-hydrogen) atoms. The molecule has 5 heteroatoms. The number of benzene rings is 1. The van der Waals surface area contributed by atoms with E-state index in [-0.39, 0.29) is 23.7 Å². The molecule has 0 radical (unpaired) electrons. The van der Waals surface area contributed by atoms with Gasteiger partial charge in [0.2, 0.25) is 0 Å². The van der Waals surface area contributed by atoms with Gasteiger partial charge in [-0.2, -0.15) is 0 Å². The van der Waals surface area contributed by atoms with Crippen LogP contribution in [0.5, 0.6) is 0 Å². The molecule has 0 heterocycles. The van der Waals surface area contributed by atoms with E-state index in [4.69, 9.17) is 4.74 Å². The Morgan fingerprint density at radius 3 is 2.89 bits per heavy atom. The molecule has 3 rings (SSSR count). The molecule has 1 fully saturated rings. The smallest absolute Gasteiger partial charge is 0.251 e. The molecule has 1 saturated carbocycles. The third-order valence-electron chi connectivity index (χ3n) is 5.37. The van der Waals surface area contributed by atoms with Gasteiger partial charge < -0.3 is 10.1 Å². The molecule has 0 spiro atoms. The van der Waals surface area contributed by atoms with Crippen molar-refractivity contribution in [3.63, 3.8) is 0 Å². The van der Waals surface area contributed by atoms with Crippen LogP contribution in [0, 0.1) is 11.7 Å². The Kier molecular flexibility index (Phi) is 6.15. The first-order valence-corrected chi connectivity index (χ1v) is 9.83. The second kappa shape index (κ2) is 8.39. The molecule has 0 aliphatic heterocycles. The summed E-state index contributed by atoms with van der Waals surface area (Å²) < 4.78 is 19.7. The molecule has 2 unspecified atom stereocenters. The Labute approximate surface area is 167 Å². The fraction of sp³-hybridized carbons (Fsp3) is 0.364. The summed E-state index contributed by atoms with van der Waals surface area (Å²) in [6.45, 7) is 5.94. The minimum Gasteiger partial charge on any atom is -0.381 e. The topological polar surface area (TPSA) is 38.3 Å². The van der Waals surface area contributed by atoms with Crippen LogP contribution >= 0.6 is 15.9 Å². The van der Waals surface area contributed by atoms with Crippen LogP contribution in [0.15, 0.2) is 52.3 Å². The summed E-state index contributed by atoms with van der Waals surface area (Å²) in [5, 5.41) is 2.97. The molecule has 3 nitrogen and oxygen atoms in total. The number of methoxy groups -OCH3 is 1. The van der Waals surface area contributed by atoms with Gasteiger partial charge in [-0.25, -0.2) is 4.39 Å². The minimum atomic E-state index is -0.299. The Morgan fingerprint density at radius 2 is 2.19 bits per heavy atom. The summed E-state index contributed by atoms with van der Waals surface area (Å²) in [5.74, 6) is -0.348. The van der Waals surface area contributed by atoms with E-state index in [0.29, 0.717) is 22.2 Å². The molecule has 1 aromatic rings. The number of carbonyl (C=O) groups is 1. The van der Waals surface area contributed by atoms with Crippen LogP contribution < -0.4 is 5.32 Å². The van der Waals surface area contributed by atoms with Crippen molar-refractivity contribution < 1.29 is 13.9 Å². The summed E-state index contributed by atoms with van der Waals surface area (Å²) in [7, 11) is 1.70. The van der Waals surface area contributed by atoms with Gasteiger partial charge in [-0.1, -0.05) is 6.58 Å². The van der Waals surface area contributed by atoms with E-state index < -0.39 is 0 Å². The highest BCUT2D eigenvalue weighted by atomic mass is 79.9. The quantitative estimate of drug-likeness (QED) is 0.533. The van der Waals surface area contributed by atoms with Crippen LogP contribution in [0.3, 0.4) is 0 Å². The fourth-order valence-corrected chi connectivity index (χ4v) is 4.00. The molecule has 0 bridgehead atoms. The van der Waals surface area contributed by atoms with E-state index in [1.807, 2.05) is 13.0 Å². The van der Waals surface area contributed by atoms with Gasteiger partial charge in [0.15, 0.2) is 0 Å². The number of hydrogen-bond donors (Lipinski definition) is 1. The SMILES string of the molecule is C=C(C(=O)NC1=C(C)c2cc(Br)c(F)cc2CC=C=C1)C1CCC(OC)C1. The molecule has 142 valence electrons. The first kappa shape index (κ1) is 19.8. The van der Waals surface area contributed by atoms with Crippen LogP contribution in [0.25, 0.3) is 5.57 Å². The number of hydrogen-bond acceptors (Lipinski definition) is 2. The molecular formula is C22H23BrFNO2. The maximum atomic E-state index is 13.9. The van der Waals surface area contributed by atoms with Crippen molar-refractivity contribution in [1.29, 1.82) is 0 Å². The average Bonchev–Trinajstić information content (AvgIpc) is 3.13. The average molecular weight is 432 g/mol. The van der Waals surface area contributed by atoms with Gasteiger partial charge in [-0.3, -0.25) is 4.79 Å². The minimum absolute atomic E-state index is 0.138. The van der Waals surface area contributed by atoms with Crippen molar-refractivity contribution in [2.75, 3.05) is 7.11 Å². The molecule has 2 atom stereocenters. The molecule has 0 aromatic heterocycles. The first-order valence-electron chi connectivity index (χ1n) is 9.03. The van der Waals surface area contributed by atoms with Crippen LogP contribution in [-0.2, 0) is 16.0 Å². The number of fused-ring (bicyclic) bond motifs is 1. The highest BCUT2D eigenvalue weighted by Crippen LogP contribution is 2.33. The van der Waals surface area contributed by atoms with Crippen LogP contribution in [-0.4, -0.2) is 19.1 Å². The Morgan fingerprint density at radius 1 is 1.41 bits per heavy atom. The highest BCUT2D eigenvalue weighted by molar-refractivity contribution is 9.10. The number of amides is 1. The number of halogens is 2. The molecule has 0 saturated heterocycles. The second-order valence-corrected chi connectivity index (χ2v) is 7.88. The van der Waals surface area contributed by atoms with Gasteiger partial charge in [-0.05, 0) is 89.4 Å². The van der Waals surface area contributed by atoms with E-state index in [0.717, 1.165) is 36.0 Å². The van der Waals surface area contributed by atoms with Gasteiger partial charge in [0.1, 0.15) is 5.82 Å². The van der Waals surface area contributed by atoms with E-state index in [1.54, 1.807) is 19.3 Å². The van der Waals surface area contributed by atoms with Gasteiger partial charge in [0, 0.05) is 18.8 Å². The van der Waals surface area contributed by atoms with E-state index >= 15 is 0 Å². The number of carbonyl (C=O) groups excluding carboxylic acids is 1. The summed E-state index contributed by atoms with van der Waals surface area (Å²) in [6, 6.07) is 3.28. The molecule has 1 aromatic carbocycles. The Bertz CT molecular complexity index is 881. The molecule has 2 aliphatic carbocycles. The summed E-state index contributed by atoms with van der Waals surface area (Å²) in [6.07, 6.45) is 7.06. The van der Waals surface area contributed by atoms with Crippen molar-refractivity contribution in [1.82, 2.24) is 5.32 Å². The van der Waals surface area contributed by atoms with Crippen LogP contribution in [0.4, 0.5) is 4.39 Å². The van der Waals surface area contributed by atoms with E-state index in [2.05, 4.69) is 33.6 Å². The zero-order valence-corrected chi connectivity index (χ0v) is 17.2. The summed E-state index contributed by atoms with van der Waals surface area (Å²) >= 11 is 3.25. The summed E-state index contributed by atoms with van der Waals surface area (Å²) in [4.78, 5) is 12.8. The third kappa shape index (κ3) is 4.32. The van der Waals surface area contributed by atoms with Crippen molar-refractivity contribution in [2.24, 2.45) is 5.92 Å². The lowest BCUT2D eigenvalue weighted by Gasteiger charge is -2.18. The third-order valence-corrected chi connectivity index (χ3v) is 5.98. The largest absolute Gasteiger partial charge is 0.381 e. The highest BCUT2D eigenvalue weighted by Gasteiger charge is 2.29. The van der Waals surface area contributed by atoms with Gasteiger partial charge in [-0.15, -0.1) is 5.73 Å². The predicted octanol–water partition coefficient (Wildman–Crippen LogP) is 5.07. The van der Waals surface area contributed by atoms with Crippen LogP contribution in [0.2, 0.25) is 0 Å². The zero-order chi connectivity index (χ0) is 19.6. The van der Waals surface area contributed by atoms with Gasteiger partial charge >= 0.3 is 0 Å². The first-order chi connectivity index (χ1) is 12.9. The zero-order valence-electron chi connectivity index (χ0n) is 15.6. The van der Waals surface area contributed by atoms with Crippen molar-refractivity contribution >= 4 is 27.4 Å². The Balaban J connectivity index is 1.85. The second-order valence-electron chi connectivity index (χ2n) is 7.03. The van der Waals surface area contributed by atoms with Gasteiger partial charge in [0.05, 0.1) is 16.3 Å². The lowest BCUT2D eigenvalue weighted by molar-refractivity contribution is -0.117. The molecule has 1 N–H and O–H groups in total. The normalized spacial score (nSPS) is 21.6. The number of ether oxygens (including phenoxy) is 1. The fourth-order valence-electron chi connectivity index (χ4n) is 3.66. The Hall–Kier alpha value is -1.94. The standard InChI is InChI=1S/C22H23BrFNO2/c1-13(15-8-9-17(10-15)27-3)22(26)25-21-7-5-4-6-16-11-20(24)19(23)12-18(16)14(21)2/h4,7,11-12,15,17H,1,6,8-10H2,2-3H3,(H,25,26). The molecular weight excluding hydrogens is 409 g/mol. The van der Waals surface area contributed by atoms with E-state index in [1.165, 1.54) is 6.07 Å². The number of allylic oxidation sites excluding steroid dienone is 2. The van der Waals surface area contributed by atoms with Crippen molar-refractivity contribution in [3.05, 3.63) is 69.3 Å². The number of nitrogens with one attached hydrogen (secondary N) is 1. The summed E-state index contributed by atoms with van der Waals surface area (Å²) in [5.41, 5.74) is 6.93. The molecule has 2 aliphatic rings. The lowest BCUT2D eigenvalue weighted by atomic mass is 9.94. The lowest BCUT2D eigenvalue weighted by Crippen LogP contribution is -2.27. The maximum Gasteiger partial charge on any atom is 0.251 e. The van der Waals surface area contributed by atoms with E-state index in [9.17, 15) is 9.18 Å². The van der Waals surface area contributed by atoms with Crippen LogP contribution in [0.1, 0.15) is 37.3 Å². The van der Waals surface area contributed by atoms with Crippen molar-refractivity contribution in [3.8, 4) is 0 Å². The monoisotopic (exact) mass is 431 g/mol. The molecule has 1 amide bonds. The maximum absolute atomic E-state index is 13.9. The number of rotatable bonds is 4. The van der Waals surface area contributed by atoms with Gasteiger partial charge in [0.25, 0.3) is 5.91 Å². The predicted molar refractivity (Wildman–Crippen MR) is 108 cm³/mol.